The van der Waals surface area contributed by atoms with Crippen molar-refractivity contribution in [3.8, 4) is 5.75 Å². The smallest absolute Gasteiger partial charge is 0.133 e. The average molecular weight is 274 g/mol. The summed E-state index contributed by atoms with van der Waals surface area (Å²) < 4.78 is 0.763. The summed E-state index contributed by atoms with van der Waals surface area (Å²) in [7, 11) is 1.59. The van der Waals surface area contributed by atoms with Crippen LogP contribution in [0.4, 0.5) is 0 Å². The van der Waals surface area contributed by atoms with E-state index in [0.29, 0.717) is 12.3 Å². The molecular weight excluding hydrogens is 258 g/mol. The minimum atomic E-state index is 0.325. The highest BCUT2D eigenvalue weighted by Crippen LogP contribution is 2.35. The number of rotatable bonds is 3. The third kappa shape index (κ3) is 2.33. The van der Waals surface area contributed by atoms with Crippen LogP contribution < -0.4 is 5.48 Å². The molecule has 2 N–H and O–H groups in total. The Morgan fingerprint density at radius 1 is 1.20 bits per heavy atom. The highest BCUT2D eigenvalue weighted by molar-refractivity contribution is 9.10. The first-order valence-corrected chi connectivity index (χ1v) is 5.53. The number of benzene rings is 1. The first-order chi connectivity index (χ1) is 7.00. The van der Waals surface area contributed by atoms with Gasteiger partial charge in [0.05, 0.1) is 11.6 Å². The number of hydrogen-bond donors (Lipinski definition) is 2. The van der Waals surface area contributed by atoms with Crippen LogP contribution in [0.1, 0.15) is 22.3 Å². The van der Waals surface area contributed by atoms with Crippen molar-refractivity contribution in [1.29, 1.82) is 0 Å². The lowest BCUT2D eigenvalue weighted by Gasteiger charge is -2.16. The maximum atomic E-state index is 9.82. The van der Waals surface area contributed by atoms with Crippen molar-refractivity contribution in [2.45, 2.75) is 27.3 Å². The minimum absolute atomic E-state index is 0.325. The lowest BCUT2D eigenvalue weighted by atomic mass is 9.97. The van der Waals surface area contributed by atoms with E-state index in [0.717, 1.165) is 26.7 Å². The van der Waals surface area contributed by atoms with Gasteiger partial charge in [-0.15, -0.1) is 0 Å². The van der Waals surface area contributed by atoms with Crippen LogP contribution in [-0.2, 0) is 11.4 Å². The molecule has 0 aliphatic carbocycles. The zero-order valence-corrected chi connectivity index (χ0v) is 11.0. The molecule has 84 valence electrons. The fourth-order valence-electron chi connectivity index (χ4n) is 1.57. The largest absolute Gasteiger partial charge is 0.506 e. The summed E-state index contributed by atoms with van der Waals surface area (Å²) in [4.78, 5) is 4.84. The summed E-state index contributed by atoms with van der Waals surface area (Å²) in [6.07, 6.45) is 0. The van der Waals surface area contributed by atoms with Gasteiger partial charge in [0, 0.05) is 6.54 Å². The summed E-state index contributed by atoms with van der Waals surface area (Å²) in [5.41, 5.74) is 7.01. The molecule has 1 aromatic carbocycles. The average Bonchev–Trinajstić information content (AvgIpc) is 2.24. The summed E-state index contributed by atoms with van der Waals surface area (Å²) in [6, 6.07) is 0. The lowest BCUT2D eigenvalue weighted by molar-refractivity contribution is 0.0864. The van der Waals surface area contributed by atoms with Crippen LogP contribution in [0.3, 0.4) is 0 Å². The molecule has 3 nitrogen and oxygen atoms in total. The van der Waals surface area contributed by atoms with Crippen LogP contribution in [0.5, 0.6) is 5.75 Å². The van der Waals surface area contributed by atoms with Crippen LogP contribution in [0.25, 0.3) is 0 Å². The Hall–Kier alpha value is -0.580. The summed E-state index contributed by atoms with van der Waals surface area (Å²) >= 11 is 3.39. The van der Waals surface area contributed by atoms with E-state index in [1.807, 2.05) is 20.8 Å². The molecule has 0 spiro atoms. The van der Waals surface area contributed by atoms with E-state index in [1.54, 1.807) is 7.11 Å². The molecule has 0 fully saturated rings. The number of hydrogen-bond acceptors (Lipinski definition) is 3. The van der Waals surface area contributed by atoms with E-state index in [9.17, 15) is 5.11 Å². The third-order valence-electron chi connectivity index (χ3n) is 2.75. The second-order valence-electron chi connectivity index (χ2n) is 3.54. The summed E-state index contributed by atoms with van der Waals surface area (Å²) in [5, 5.41) is 9.82. The Kier molecular flexibility index (Phi) is 4.13. The normalized spacial score (nSPS) is 10.7. The highest BCUT2D eigenvalue weighted by atomic mass is 79.9. The molecule has 0 amide bonds. The molecule has 0 aliphatic rings. The molecule has 0 saturated carbocycles. The zero-order chi connectivity index (χ0) is 11.6. The van der Waals surface area contributed by atoms with E-state index in [2.05, 4.69) is 21.4 Å². The molecule has 0 heterocycles. The van der Waals surface area contributed by atoms with E-state index in [4.69, 9.17) is 4.84 Å². The number of hydroxylamine groups is 1. The van der Waals surface area contributed by atoms with E-state index in [-0.39, 0.29) is 0 Å². The van der Waals surface area contributed by atoms with Crippen molar-refractivity contribution in [3.05, 3.63) is 26.7 Å². The van der Waals surface area contributed by atoms with Crippen LogP contribution in [0.15, 0.2) is 4.47 Å². The molecule has 0 radical (unpaired) electrons. The van der Waals surface area contributed by atoms with Crippen molar-refractivity contribution in [3.63, 3.8) is 0 Å². The Morgan fingerprint density at radius 3 is 2.33 bits per heavy atom. The predicted octanol–water partition coefficient (Wildman–Crippen LogP) is 2.73. The van der Waals surface area contributed by atoms with Crippen molar-refractivity contribution < 1.29 is 9.94 Å². The van der Waals surface area contributed by atoms with Crippen molar-refractivity contribution >= 4 is 15.9 Å². The zero-order valence-electron chi connectivity index (χ0n) is 9.44. The van der Waals surface area contributed by atoms with Gasteiger partial charge in [-0.05, 0) is 59.0 Å². The molecule has 0 bridgehead atoms. The number of halogens is 1. The van der Waals surface area contributed by atoms with Gasteiger partial charge >= 0.3 is 0 Å². The predicted molar refractivity (Wildman–Crippen MR) is 63.9 cm³/mol. The molecule has 1 aromatic rings. The second-order valence-corrected chi connectivity index (χ2v) is 4.33. The molecule has 15 heavy (non-hydrogen) atoms. The molecule has 0 aliphatic heterocycles. The standard InChI is InChI=1S/C11H16BrNO2/c1-6-7(2)11(14)10(12)8(3)9(6)5-13-15-4/h13-14H,5H2,1-4H3. The summed E-state index contributed by atoms with van der Waals surface area (Å²) in [5.74, 6) is 0.325. The van der Waals surface area contributed by atoms with Gasteiger partial charge in [0.25, 0.3) is 0 Å². The minimum Gasteiger partial charge on any atom is -0.506 e. The lowest BCUT2D eigenvalue weighted by Crippen LogP contribution is -2.13. The Morgan fingerprint density at radius 2 is 1.80 bits per heavy atom. The van der Waals surface area contributed by atoms with Crippen LogP contribution >= 0.6 is 15.9 Å². The molecule has 0 aromatic heterocycles. The van der Waals surface area contributed by atoms with Gasteiger partial charge in [-0.25, -0.2) is 0 Å². The number of nitrogens with one attached hydrogen (secondary N) is 1. The van der Waals surface area contributed by atoms with Gasteiger partial charge < -0.3 is 9.94 Å². The maximum absolute atomic E-state index is 9.82. The van der Waals surface area contributed by atoms with Crippen molar-refractivity contribution in [1.82, 2.24) is 5.48 Å². The second kappa shape index (κ2) is 4.96. The molecule has 0 saturated heterocycles. The molecule has 0 atom stereocenters. The number of phenolic OH excluding ortho intramolecular Hbond substituents is 1. The molecular formula is C11H16BrNO2. The Balaban J connectivity index is 3.26. The maximum Gasteiger partial charge on any atom is 0.133 e. The van der Waals surface area contributed by atoms with E-state index >= 15 is 0 Å². The first kappa shape index (κ1) is 12.5. The molecule has 4 heteroatoms. The van der Waals surface area contributed by atoms with E-state index in [1.165, 1.54) is 0 Å². The third-order valence-corrected chi connectivity index (χ3v) is 3.72. The first-order valence-electron chi connectivity index (χ1n) is 4.73. The highest BCUT2D eigenvalue weighted by Gasteiger charge is 2.14. The number of aromatic hydroxyl groups is 1. The van der Waals surface area contributed by atoms with Crippen molar-refractivity contribution in [2.24, 2.45) is 0 Å². The Bertz CT molecular complexity index is 348. The quantitative estimate of drug-likeness (QED) is 0.833. The van der Waals surface area contributed by atoms with Crippen molar-refractivity contribution in [2.75, 3.05) is 7.11 Å². The number of phenols is 1. The fourth-order valence-corrected chi connectivity index (χ4v) is 2.11. The molecule has 1 rings (SSSR count). The molecule has 0 unspecified atom stereocenters. The van der Waals surface area contributed by atoms with Gasteiger partial charge in [0.1, 0.15) is 5.75 Å². The van der Waals surface area contributed by atoms with E-state index < -0.39 is 0 Å². The summed E-state index contributed by atoms with van der Waals surface area (Å²) in [6.45, 7) is 6.52. The fraction of sp³-hybridized carbons (Fsp3) is 0.455. The topological polar surface area (TPSA) is 41.5 Å². The monoisotopic (exact) mass is 273 g/mol. The van der Waals surface area contributed by atoms with Gasteiger partial charge in [-0.3, -0.25) is 0 Å². The van der Waals surface area contributed by atoms with Gasteiger partial charge in [0.15, 0.2) is 0 Å². The Labute approximate surface area is 98.5 Å². The van der Waals surface area contributed by atoms with Gasteiger partial charge in [-0.2, -0.15) is 5.48 Å². The van der Waals surface area contributed by atoms with Gasteiger partial charge in [0.2, 0.25) is 0 Å². The van der Waals surface area contributed by atoms with Crippen LogP contribution in [-0.4, -0.2) is 12.2 Å². The van der Waals surface area contributed by atoms with Crippen LogP contribution in [0, 0.1) is 20.8 Å². The van der Waals surface area contributed by atoms with Gasteiger partial charge in [-0.1, -0.05) is 0 Å². The SMILES string of the molecule is CONCc1c(C)c(C)c(O)c(Br)c1C. The van der Waals surface area contributed by atoms with Crippen LogP contribution in [0.2, 0.25) is 0 Å².